The average Bonchev–Trinajstić information content (AvgIpc) is 3.10. The summed E-state index contributed by atoms with van der Waals surface area (Å²) in [5, 5.41) is 7.04. The first kappa shape index (κ1) is 14.5. The molecule has 0 saturated heterocycles. The summed E-state index contributed by atoms with van der Waals surface area (Å²) in [6.45, 7) is 2.62. The van der Waals surface area contributed by atoms with E-state index in [0.717, 1.165) is 5.56 Å². The second-order valence-corrected chi connectivity index (χ2v) is 5.93. The van der Waals surface area contributed by atoms with Crippen molar-refractivity contribution in [3.63, 3.8) is 0 Å². The molecule has 5 heteroatoms. The van der Waals surface area contributed by atoms with Gasteiger partial charge in [0.25, 0.3) is 0 Å². The molecule has 0 spiro atoms. The number of benzene rings is 1. The molecular formula is C14H18Cl2N2O. The highest BCUT2D eigenvalue weighted by Crippen LogP contribution is 2.32. The SMILES string of the molecule is CC(NC(=O)NCCc1cc(Cl)cc(Cl)c1)C1CC1. The number of hydrogen-bond acceptors (Lipinski definition) is 1. The van der Waals surface area contributed by atoms with E-state index < -0.39 is 0 Å². The van der Waals surface area contributed by atoms with Crippen molar-refractivity contribution in [2.45, 2.75) is 32.2 Å². The average molecular weight is 301 g/mol. The predicted molar refractivity (Wildman–Crippen MR) is 78.9 cm³/mol. The van der Waals surface area contributed by atoms with E-state index in [1.165, 1.54) is 12.8 Å². The van der Waals surface area contributed by atoms with Crippen molar-refractivity contribution in [2.24, 2.45) is 5.92 Å². The summed E-state index contributed by atoms with van der Waals surface area (Å²) in [5.74, 6) is 0.664. The zero-order valence-corrected chi connectivity index (χ0v) is 12.4. The van der Waals surface area contributed by atoms with Crippen molar-refractivity contribution in [3.05, 3.63) is 33.8 Å². The first-order valence-electron chi connectivity index (χ1n) is 6.54. The van der Waals surface area contributed by atoms with Crippen LogP contribution in [0.15, 0.2) is 18.2 Å². The van der Waals surface area contributed by atoms with Crippen LogP contribution in [-0.2, 0) is 6.42 Å². The highest BCUT2D eigenvalue weighted by atomic mass is 35.5. The molecule has 1 aromatic rings. The second-order valence-electron chi connectivity index (χ2n) is 5.05. The smallest absolute Gasteiger partial charge is 0.315 e. The Bertz CT molecular complexity index is 441. The van der Waals surface area contributed by atoms with Crippen LogP contribution in [0.5, 0.6) is 0 Å². The molecule has 1 saturated carbocycles. The largest absolute Gasteiger partial charge is 0.338 e. The molecule has 1 aliphatic carbocycles. The zero-order chi connectivity index (χ0) is 13.8. The van der Waals surface area contributed by atoms with Crippen LogP contribution in [0, 0.1) is 5.92 Å². The molecule has 1 unspecified atom stereocenters. The Morgan fingerprint density at radius 1 is 1.32 bits per heavy atom. The fourth-order valence-corrected chi connectivity index (χ4v) is 2.62. The molecule has 0 heterocycles. The Morgan fingerprint density at radius 2 is 1.95 bits per heavy atom. The number of nitrogens with one attached hydrogen (secondary N) is 2. The third kappa shape index (κ3) is 4.92. The number of urea groups is 1. The molecule has 1 fully saturated rings. The van der Waals surface area contributed by atoms with Gasteiger partial charge in [-0.15, -0.1) is 0 Å². The van der Waals surface area contributed by atoms with Gasteiger partial charge in [-0.1, -0.05) is 23.2 Å². The predicted octanol–water partition coefficient (Wildman–Crippen LogP) is 3.63. The van der Waals surface area contributed by atoms with Crippen molar-refractivity contribution >= 4 is 29.2 Å². The number of carbonyl (C=O) groups is 1. The van der Waals surface area contributed by atoms with Gasteiger partial charge in [0.1, 0.15) is 0 Å². The lowest BCUT2D eigenvalue weighted by Crippen LogP contribution is -2.42. The van der Waals surface area contributed by atoms with Crippen LogP contribution in [0.4, 0.5) is 4.79 Å². The highest BCUT2D eigenvalue weighted by Gasteiger charge is 2.28. The molecule has 19 heavy (non-hydrogen) atoms. The number of carbonyl (C=O) groups excluding carboxylic acids is 1. The van der Waals surface area contributed by atoms with Crippen molar-refractivity contribution in [1.82, 2.24) is 10.6 Å². The second kappa shape index (κ2) is 6.49. The monoisotopic (exact) mass is 300 g/mol. The Kier molecular flexibility index (Phi) is 4.94. The van der Waals surface area contributed by atoms with Crippen LogP contribution >= 0.6 is 23.2 Å². The van der Waals surface area contributed by atoms with E-state index in [-0.39, 0.29) is 12.1 Å². The van der Waals surface area contributed by atoms with Gasteiger partial charge < -0.3 is 10.6 Å². The molecule has 2 amide bonds. The summed E-state index contributed by atoms with van der Waals surface area (Å²) in [5.41, 5.74) is 1.02. The van der Waals surface area contributed by atoms with Gasteiger partial charge in [0.15, 0.2) is 0 Å². The van der Waals surface area contributed by atoms with Gasteiger partial charge in [0.05, 0.1) is 0 Å². The quantitative estimate of drug-likeness (QED) is 0.856. The first-order chi connectivity index (χ1) is 9.04. The summed E-state index contributed by atoms with van der Waals surface area (Å²) < 4.78 is 0. The van der Waals surface area contributed by atoms with Crippen molar-refractivity contribution < 1.29 is 4.79 Å². The van der Waals surface area contributed by atoms with Crippen LogP contribution in [0.2, 0.25) is 10.0 Å². The lowest BCUT2D eigenvalue weighted by Gasteiger charge is -2.13. The minimum absolute atomic E-state index is 0.104. The Morgan fingerprint density at radius 3 is 2.53 bits per heavy atom. The Balaban J connectivity index is 1.71. The first-order valence-corrected chi connectivity index (χ1v) is 7.29. The Hall–Kier alpha value is -0.930. The van der Waals surface area contributed by atoms with Crippen LogP contribution < -0.4 is 10.6 Å². The molecule has 2 N–H and O–H groups in total. The fourth-order valence-electron chi connectivity index (χ4n) is 2.05. The van der Waals surface area contributed by atoms with E-state index in [2.05, 4.69) is 10.6 Å². The molecule has 1 atom stereocenters. The molecule has 0 radical (unpaired) electrons. The third-order valence-electron chi connectivity index (χ3n) is 3.31. The van der Waals surface area contributed by atoms with Gasteiger partial charge in [-0.25, -0.2) is 4.79 Å². The summed E-state index contributed by atoms with van der Waals surface area (Å²) in [6, 6.07) is 5.58. The Labute approximate surface area is 123 Å². The van der Waals surface area contributed by atoms with E-state index >= 15 is 0 Å². The van der Waals surface area contributed by atoms with Crippen LogP contribution in [0.1, 0.15) is 25.3 Å². The molecule has 0 aliphatic heterocycles. The molecule has 1 aliphatic rings. The van der Waals surface area contributed by atoms with Gasteiger partial charge in [0.2, 0.25) is 0 Å². The minimum atomic E-state index is -0.104. The van der Waals surface area contributed by atoms with E-state index in [1.54, 1.807) is 6.07 Å². The summed E-state index contributed by atoms with van der Waals surface area (Å²) in [6.07, 6.45) is 3.16. The van der Waals surface area contributed by atoms with E-state index in [4.69, 9.17) is 23.2 Å². The van der Waals surface area contributed by atoms with Crippen molar-refractivity contribution in [1.29, 1.82) is 0 Å². The van der Waals surface area contributed by atoms with Crippen molar-refractivity contribution in [2.75, 3.05) is 6.54 Å². The van der Waals surface area contributed by atoms with Gasteiger partial charge in [-0.05, 0) is 55.9 Å². The highest BCUT2D eigenvalue weighted by molar-refractivity contribution is 6.34. The van der Waals surface area contributed by atoms with Crippen LogP contribution in [0.25, 0.3) is 0 Å². The zero-order valence-electron chi connectivity index (χ0n) is 10.9. The van der Waals surface area contributed by atoms with Gasteiger partial charge in [-0.2, -0.15) is 0 Å². The van der Waals surface area contributed by atoms with E-state index in [0.29, 0.717) is 28.9 Å². The molecule has 3 nitrogen and oxygen atoms in total. The molecule has 1 aromatic carbocycles. The van der Waals surface area contributed by atoms with E-state index in [1.807, 2.05) is 19.1 Å². The molecule has 2 rings (SSSR count). The topological polar surface area (TPSA) is 41.1 Å². The number of halogens is 2. The number of hydrogen-bond donors (Lipinski definition) is 2. The summed E-state index contributed by atoms with van der Waals surface area (Å²) in [7, 11) is 0. The minimum Gasteiger partial charge on any atom is -0.338 e. The molecule has 104 valence electrons. The lowest BCUT2D eigenvalue weighted by molar-refractivity contribution is 0.236. The molecule has 0 aromatic heterocycles. The number of amides is 2. The summed E-state index contributed by atoms with van der Waals surface area (Å²) >= 11 is 11.8. The van der Waals surface area contributed by atoms with Gasteiger partial charge >= 0.3 is 6.03 Å². The standard InChI is InChI=1S/C14H18Cl2N2O/c1-9(11-2-3-11)18-14(19)17-5-4-10-6-12(15)8-13(16)7-10/h6-9,11H,2-5H2,1H3,(H2,17,18,19). The molecular weight excluding hydrogens is 283 g/mol. The maximum Gasteiger partial charge on any atom is 0.315 e. The maximum absolute atomic E-state index is 11.6. The van der Waals surface area contributed by atoms with Crippen LogP contribution in [0.3, 0.4) is 0 Å². The third-order valence-corrected chi connectivity index (χ3v) is 3.75. The van der Waals surface area contributed by atoms with E-state index in [9.17, 15) is 4.79 Å². The van der Waals surface area contributed by atoms with Crippen molar-refractivity contribution in [3.8, 4) is 0 Å². The molecule has 0 bridgehead atoms. The number of rotatable bonds is 5. The van der Waals surface area contributed by atoms with Gasteiger partial charge in [-0.3, -0.25) is 0 Å². The fraction of sp³-hybridized carbons (Fsp3) is 0.500. The summed E-state index contributed by atoms with van der Waals surface area (Å²) in [4.78, 5) is 11.6. The maximum atomic E-state index is 11.6. The van der Waals surface area contributed by atoms with Crippen LogP contribution in [-0.4, -0.2) is 18.6 Å². The normalized spacial score (nSPS) is 15.9. The lowest BCUT2D eigenvalue weighted by atomic mass is 10.1. The van der Waals surface area contributed by atoms with Gasteiger partial charge in [0, 0.05) is 22.6 Å².